The number of rotatable bonds is 7. The number of carbonyl (C=O) groups excluding carboxylic acids is 1. The van der Waals surface area contributed by atoms with Crippen molar-refractivity contribution in [1.29, 1.82) is 0 Å². The normalized spacial score (nSPS) is 11.6. The van der Waals surface area contributed by atoms with Gasteiger partial charge in [0, 0.05) is 23.4 Å². The van der Waals surface area contributed by atoms with Crippen molar-refractivity contribution in [2.24, 2.45) is 0 Å². The fourth-order valence-corrected chi connectivity index (χ4v) is 3.68. The Balaban J connectivity index is 0.00000288. The van der Waals surface area contributed by atoms with Gasteiger partial charge in [-0.25, -0.2) is 18.1 Å². The largest absolute Gasteiger partial charge is 0.442 e. The molecule has 0 aromatic carbocycles. The fourth-order valence-electron chi connectivity index (χ4n) is 1.76. The maximum Gasteiger partial charge on any atom is 0.274 e. The van der Waals surface area contributed by atoms with E-state index in [0.29, 0.717) is 21.5 Å². The number of ether oxygens (including phenoxy) is 1. The first-order chi connectivity index (χ1) is 10.8. The Morgan fingerprint density at radius 2 is 2.22 bits per heavy atom. The lowest BCUT2D eigenvalue weighted by Crippen LogP contribution is -2.26. The zero-order chi connectivity index (χ0) is 17.0. The molecule has 2 aromatic heterocycles. The number of hydrogen-bond acceptors (Lipinski definition) is 7. The molecule has 2 rings (SSSR count). The third-order valence-corrected chi connectivity index (χ3v) is 5.17. The number of sulfonamides is 1. The van der Waals surface area contributed by atoms with Crippen LogP contribution in [0.3, 0.4) is 0 Å². The molecule has 2 heterocycles. The first-order valence-corrected chi connectivity index (χ1v) is 8.97. The van der Waals surface area contributed by atoms with Crippen LogP contribution in [0.4, 0.5) is 5.13 Å². The lowest BCUT2D eigenvalue weighted by Gasteiger charge is -2.02. The predicted molar refractivity (Wildman–Crippen MR) is 90.1 cm³/mol. The predicted octanol–water partition coefficient (Wildman–Crippen LogP) is 2.09. The highest BCUT2D eigenvalue weighted by Gasteiger charge is 2.21. The molecular weight excluding hydrogens is 342 g/mol. The fraction of sp³-hybridized carbons (Fsp3) is 0.385. The minimum atomic E-state index is -3.73. The number of aromatic nitrogens is 1. The SMILES string of the molecule is COCCNS(=O)(=O)c1ccc(-c2sc(NC(C)=O)nc2C)o1.[HH].[HH]. The van der Waals surface area contributed by atoms with Gasteiger partial charge in [0.1, 0.15) is 5.76 Å². The lowest BCUT2D eigenvalue weighted by molar-refractivity contribution is -0.114. The van der Waals surface area contributed by atoms with Crippen LogP contribution in [-0.2, 0) is 19.6 Å². The summed E-state index contributed by atoms with van der Waals surface area (Å²) in [6.07, 6.45) is 0. The molecule has 0 aliphatic carbocycles. The zero-order valence-electron chi connectivity index (χ0n) is 12.9. The quantitative estimate of drug-likeness (QED) is 0.729. The van der Waals surface area contributed by atoms with Crippen LogP contribution in [0, 0.1) is 6.92 Å². The maximum absolute atomic E-state index is 12.1. The van der Waals surface area contributed by atoms with Crippen molar-refractivity contribution in [2.75, 3.05) is 25.6 Å². The molecule has 0 saturated heterocycles. The minimum absolute atomic E-state index is 0. The van der Waals surface area contributed by atoms with Gasteiger partial charge in [0.2, 0.25) is 11.0 Å². The summed E-state index contributed by atoms with van der Waals surface area (Å²) in [6, 6.07) is 2.94. The number of carbonyl (C=O) groups is 1. The van der Waals surface area contributed by atoms with Gasteiger partial charge in [-0.2, -0.15) is 0 Å². The van der Waals surface area contributed by atoms with Crippen molar-refractivity contribution < 1.29 is 25.2 Å². The number of nitrogens with zero attached hydrogens (tertiary/aromatic N) is 1. The molecule has 8 nitrogen and oxygen atoms in total. The molecule has 23 heavy (non-hydrogen) atoms. The van der Waals surface area contributed by atoms with E-state index in [0.717, 1.165) is 0 Å². The number of anilines is 1. The van der Waals surface area contributed by atoms with Gasteiger partial charge in [-0.1, -0.05) is 11.3 Å². The number of amides is 1. The van der Waals surface area contributed by atoms with Gasteiger partial charge >= 0.3 is 0 Å². The van der Waals surface area contributed by atoms with Gasteiger partial charge in [0.05, 0.1) is 17.2 Å². The molecule has 0 fully saturated rings. The molecule has 2 aromatic rings. The molecule has 2 N–H and O–H groups in total. The Kier molecular flexibility index (Phi) is 5.52. The highest BCUT2D eigenvalue weighted by atomic mass is 32.2. The third kappa shape index (κ3) is 4.38. The first-order valence-electron chi connectivity index (χ1n) is 6.67. The molecule has 0 unspecified atom stereocenters. The number of hydrogen-bond donors (Lipinski definition) is 2. The van der Waals surface area contributed by atoms with E-state index >= 15 is 0 Å². The monoisotopic (exact) mass is 363 g/mol. The van der Waals surface area contributed by atoms with Crippen LogP contribution in [0.1, 0.15) is 15.5 Å². The molecular formula is C13H21N3O5S2. The maximum atomic E-state index is 12.1. The Morgan fingerprint density at radius 1 is 1.48 bits per heavy atom. The van der Waals surface area contributed by atoms with Crippen molar-refractivity contribution in [1.82, 2.24) is 9.71 Å². The van der Waals surface area contributed by atoms with E-state index in [1.54, 1.807) is 13.0 Å². The number of nitrogens with one attached hydrogen (secondary N) is 2. The van der Waals surface area contributed by atoms with Crippen LogP contribution >= 0.6 is 11.3 Å². The summed E-state index contributed by atoms with van der Waals surface area (Å²) in [7, 11) is -2.24. The summed E-state index contributed by atoms with van der Waals surface area (Å²) >= 11 is 1.21. The average molecular weight is 363 g/mol. The van der Waals surface area contributed by atoms with E-state index < -0.39 is 10.0 Å². The van der Waals surface area contributed by atoms with Gasteiger partial charge in [0.15, 0.2) is 5.13 Å². The smallest absolute Gasteiger partial charge is 0.274 e. The highest BCUT2D eigenvalue weighted by Crippen LogP contribution is 2.34. The van der Waals surface area contributed by atoms with E-state index in [-0.39, 0.29) is 27.0 Å². The van der Waals surface area contributed by atoms with Crippen LogP contribution in [-0.4, -0.2) is 39.6 Å². The summed E-state index contributed by atoms with van der Waals surface area (Å²) in [5, 5.41) is 2.84. The molecule has 10 heteroatoms. The standard InChI is InChI=1S/C13H17N3O5S2.2H2/c1-8-12(22-13(15-8)16-9(2)17)10-4-5-11(21-10)23(18,19)14-6-7-20-3;;/h4-5,14H,6-7H2,1-3H3,(H,15,16,17);2*1H. The molecule has 130 valence electrons. The van der Waals surface area contributed by atoms with E-state index in [9.17, 15) is 13.2 Å². The molecule has 0 aliphatic heterocycles. The van der Waals surface area contributed by atoms with Gasteiger partial charge in [0.25, 0.3) is 10.0 Å². The van der Waals surface area contributed by atoms with E-state index in [2.05, 4.69) is 15.0 Å². The van der Waals surface area contributed by atoms with Crippen LogP contribution in [0.2, 0.25) is 0 Å². The number of furan rings is 1. The third-order valence-electron chi connectivity index (χ3n) is 2.75. The van der Waals surface area contributed by atoms with Gasteiger partial charge < -0.3 is 14.5 Å². The Morgan fingerprint density at radius 3 is 2.87 bits per heavy atom. The van der Waals surface area contributed by atoms with Crippen molar-refractivity contribution in [3.05, 3.63) is 17.8 Å². The van der Waals surface area contributed by atoms with Gasteiger partial charge in [-0.15, -0.1) is 0 Å². The van der Waals surface area contributed by atoms with Crippen LogP contribution in [0.5, 0.6) is 0 Å². The number of methoxy groups -OCH3 is 1. The summed E-state index contributed by atoms with van der Waals surface area (Å²) in [6.45, 7) is 3.56. The molecule has 0 bridgehead atoms. The lowest BCUT2D eigenvalue weighted by atomic mass is 10.3. The minimum Gasteiger partial charge on any atom is -0.442 e. The number of aryl methyl sites for hydroxylation is 1. The summed E-state index contributed by atoms with van der Waals surface area (Å²) in [4.78, 5) is 15.9. The highest BCUT2D eigenvalue weighted by molar-refractivity contribution is 7.89. The van der Waals surface area contributed by atoms with Crippen molar-refractivity contribution in [3.63, 3.8) is 0 Å². The van der Waals surface area contributed by atoms with Crippen LogP contribution in [0.15, 0.2) is 21.6 Å². The second kappa shape index (κ2) is 7.21. The molecule has 0 saturated carbocycles. The molecule has 0 radical (unpaired) electrons. The number of thiazole rings is 1. The van der Waals surface area contributed by atoms with Crippen LogP contribution < -0.4 is 10.0 Å². The topological polar surface area (TPSA) is 111 Å². The molecule has 0 aliphatic rings. The van der Waals surface area contributed by atoms with Crippen LogP contribution in [0.25, 0.3) is 10.6 Å². The Labute approximate surface area is 140 Å². The van der Waals surface area contributed by atoms with E-state index in [4.69, 9.17) is 9.15 Å². The van der Waals surface area contributed by atoms with E-state index in [1.165, 1.54) is 31.4 Å². The van der Waals surface area contributed by atoms with Gasteiger partial charge in [-0.05, 0) is 19.1 Å². The molecule has 0 spiro atoms. The molecule has 1 amide bonds. The second-order valence-electron chi connectivity index (χ2n) is 4.62. The second-order valence-corrected chi connectivity index (χ2v) is 7.32. The van der Waals surface area contributed by atoms with Crippen molar-refractivity contribution >= 4 is 32.4 Å². The summed E-state index contributed by atoms with van der Waals surface area (Å²) in [5.74, 6) is 0.152. The Bertz CT molecular complexity index is 804. The van der Waals surface area contributed by atoms with E-state index in [1.807, 2.05) is 0 Å². The van der Waals surface area contributed by atoms with Gasteiger partial charge in [-0.3, -0.25) is 4.79 Å². The summed E-state index contributed by atoms with van der Waals surface area (Å²) < 4.78 is 36.7. The van der Waals surface area contributed by atoms with Crippen molar-refractivity contribution in [3.8, 4) is 10.6 Å². The van der Waals surface area contributed by atoms with Crippen molar-refractivity contribution in [2.45, 2.75) is 18.9 Å². The zero-order valence-corrected chi connectivity index (χ0v) is 14.5. The Hall–Kier alpha value is -1.75. The average Bonchev–Trinajstić information content (AvgIpc) is 3.05. The first kappa shape index (κ1) is 17.6. The summed E-state index contributed by atoms with van der Waals surface area (Å²) in [5.41, 5.74) is 0.643. The molecule has 0 atom stereocenters.